The van der Waals surface area contributed by atoms with Gasteiger partial charge in [0.2, 0.25) is 5.91 Å². The highest BCUT2D eigenvalue weighted by atomic mass is 16.4. The second-order valence-electron chi connectivity index (χ2n) is 3.21. The van der Waals surface area contributed by atoms with Crippen LogP contribution in [-0.4, -0.2) is 32.1 Å². The quantitative estimate of drug-likeness (QED) is 0.658. The molecule has 1 aromatic heterocycles. The maximum atomic E-state index is 11.0. The van der Waals surface area contributed by atoms with Gasteiger partial charge in [0.05, 0.1) is 18.8 Å². The second-order valence-corrected chi connectivity index (χ2v) is 3.21. The first-order chi connectivity index (χ1) is 6.59. The van der Waals surface area contributed by atoms with Crippen LogP contribution in [0.1, 0.15) is 28.7 Å². The van der Waals surface area contributed by atoms with E-state index < -0.39 is 5.97 Å². The van der Waals surface area contributed by atoms with E-state index in [1.54, 1.807) is 4.90 Å². The van der Waals surface area contributed by atoms with Gasteiger partial charge in [-0.3, -0.25) is 9.89 Å². The number of aromatic carboxylic acids is 1. The number of carboxylic acids is 1. The van der Waals surface area contributed by atoms with E-state index in [0.717, 1.165) is 5.69 Å². The molecular formula is C8H9N3O3. The zero-order chi connectivity index (χ0) is 10.3. The molecule has 0 saturated heterocycles. The molecule has 0 radical (unpaired) electrons. The molecule has 1 amide bonds. The Morgan fingerprint density at radius 2 is 2.21 bits per heavy atom. The minimum Gasteiger partial charge on any atom is -0.476 e. The van der Waals surface area contributed by atoms with E-state index in [4.69, 9.17) is 5.11 Å². The zero-order valence-corrected chi connectivity index (χ0v) is 7.57. The lowest BCUT2D eigenvalue weighted by Crippen LogP contribution is -2.22. The van der Waals surface area contributed by atoms with Gasteiger partial charge in [-0.1, -0.05) is 0 Å². The number of rotatable bonds is 1. The summed E-state index contributed by atoms with van der Waals surface area (Å²) >= 11 is 0. The minimum atomic E-state index is -1.06. The molecule has 2 rings (SSSR count). The van der Waals surface area contributed by atoms with Gasteiger partial charge in [0.1, 0.15) is 0 Å². The number of fused-ring (bicyclic) bond motifs is 1. The summed E-state index contributed by atoms with van der Waals surface area (Å²) in [5, 5.41) is 15.1. The smallest absolute Gasteiger partial charge is 0.356 e. The van der Waals surface area contributed by atoms with Gasteiger partial charge in [-0.2, -0.15) is 5.10 Å². The number of carbonyl (C=O) groups is 2. The number of carboxylic acid groups (broad SMARTS) is 1. The highest BCUT2D eigenvalue weighted by Gasteiger charge is 2.28. The van der Waals surface area contributed by atoms with Gasteiger partial charge in [-0.25, -0.2) is 4.79 Å². The number of aromatic nitrogens is 2. The number of nitrogens with one attached hydrogen (secondary N) is 1. The molecule has 0 aliphatic carbocycles. The first-order valence-corrected chi connectivity index (χ1v) is 4.14. The van der Waals surface area contributed by atoms with Gasteiger partial charge in [0.15, 0.2) is 5.69 Å². The lowest BCUT2D eigenvalue weighted by molar-refractivity contribution is -0.129. The van der Waals surface area contributed by atoms with E-state index in [1.807, 2.05) is 0 Å². The Hall–Kier alpha value is -1.85. The van der Waals surface area contributed by atoms with Crippen molar-refractivity contribution in [3.8, 4) is 0 Å². The van der Waals surface area contributed by atoms with Crippen LogP contribution in [0.4, 0.5) is 0 Å². The van der Waals surface area contributed by atoms with Gasteiger partial charge in [-0.05, 0) is 0 Å². The summed E-state index contributed by atoms with van der Waals surface area (Å²) in [6, 6.07) is 0. The van der Waals surface area contributed by atoms with Crippen molar-refractivity contribution < 1.29 is 14.7 Å². The molecule has 0 atom stereocenters. The summed E-state index contributed by atoms with van der Waals surface area (Å²) in [4.78, 5) is 23.3. The Balaban J connectivity index is 2.32. The normalized spacial score (nSPS) is 14.2. The molecule has 6 nitrogen and oxygen atoms in total. The van der Waals surface area contributed by atoms with Crippen LogP contribution in [0.2, 0.25) is 0 Å². The minimum absolute atomic E-state index is 0.0174. The van der Waals surface area contributed by atoms with E-state index in [2.05, 4.69) is 10.2 Å². The Labute approximate surface area is 79.5 Å². The summed E-state index contributed by atoms with van der Waals surface area (Å²) < 4.78 is 0. The monoisotopic (exact) mass is 195 g/mol. The number of amides is 1. The van der Waals surface area contributed by atoms with E-state index in [9.17, 15) is 9.59 Å². The number of carbonyl (C=O) groups excluding carboxylic acids is 1. The predicted molar refractivity (Wildman–Crippen MR) is 45.5 cm³/mol. The Kier molecular flexibility index (Phi) is 1.77. The van der Waals surface area contributed by atoms with Gasteiger partial charge in [0, 0.05) is 12.5 Å². The van der Waals surface area contributed by atoms with Crippen molar-refractivity contribution in [2.24, 2.45) is 0 Å². The lowest BCUT2D eigenvalue weighted by Gasteiger charge is -2.11. The zero-order valence-electron chi connectivity index (χ0n) is 7.57. The summed E-state index contributed by atoms with van der Waals surface area (Å²) in [5.74, 6) is -1.13. The second kappa shape index (κ2) is 2.83. The molecule has 0 aromatic carbocycles. The summed E-state index contributed by atoms with van der Waals surface area (Å²) in [5.41, 5.74) is 1.36. The van der Waals surface area contributed by atoms with Crippen molar-refractivity contribution in [1.29, 1.82) is 0 Å². The first-order valence-electron chi connectivity index (χ1n) is 4.14. The summed E-state index contributed by atoms with van der Waals surface area (Å²) in [6.45, 7) is 2.22. The third-order valence-corrected chi connectivity index (χ3v) is 2.30. The number of H-pyrrole nitrogens is 1. The standard InChI is InChI=1S/C8H9N3O3/c1-4(12)11-2-5-6(3-11)9-10-7(5)8(13)14/h2-3H2,1H3,(H,9,10)(H,13,14). The number of aromatic amines is 1. The van der Waals surface area contributed by atoms with Crippen molar-refractivity contribution in [2.75, 3.05) is 0 Å². The maximum absolute atomic E-state index is 11.0. The van der Waals surface area contributed by atoms with Gasteiger partial charge < -0.3 is 10.0 Å². The molecule has 1 aromatic rings. The van der Waals surface area contributed by atoms with Gasteiger partial charge in [0.25, 0.3) is 0 Å². The van der Waals surface area contributed by atoms with Crippen molar-refractivity contribution in [2.45, 2.75) is 20.0 Å². The molecule has 0 fully saturated rings. The van der Waals surface area contributed by atoms with Gasteiger partial charge in [-0.15, -0.1) is 0 Å². The summed E-state index contributed by atoms with van der Waals surface area (Å²) in [6.07, 6.45) is 0. The van der Waals surface area contributed by atoms with Crippen LogP contribution in [0.3, 0.4) is 0 Å². The van der Waals surface area contributed by atoms with Crippen LogP contribution in [0.15, 0.2) is 0 Å². The van der Waals surface area contributed by atoms with Crippen molar-refractivity contribution in [3.63, 3.8) is 0 Å². The fraction of sp³-hybridized carbons (Fsp3) is 0.375. The molecule has 2 heterocycles. The average molecular weight is 195 g/mol. The molecule has 74 valence electrons. The average Bonchev–Trinajstić information content (AvgIpc) is 2.58. The number of hydrogen-bond donors (Lipinski definition) is 2. The Morgan fingerprint density at radius 3 is 2.79 bits per heavy atom. The Bertz CT molecular complexity index is 410. The largest absolute Gasteiger partial charge is 0.476 e. The van der Waals surface area contributed by atoms with Crippen LogP contribution < -0.4 is 0 Å². The van der Waals surface area contributed by atoms with Crippen molar-refractivity contribution in [1.82, 2.24) is 15.1 Å². The molecular weight excluding hydrogens is 186 g/mol. The fourth-order valence-electron chi connectivity index (χ4n) is 1.54. The highest BCUT2D eigenvalue weighted by Crippen LogP contribution is 2.23. The Morgan fingerprint density at radius 1 is 1.50 bits per heavy atom. The van der Waals surface area contributed by atoms with Crippen molar-refractivity contribution >= 4 is 11.9 Å². The predicted octanol–water partition coefficient (Wildman–Crippen LogP) is -0.0300. The fourth-order valence-corrected chi connectivity index (χ4v) is 1.54. The third kappa shape index (κ3) is 1.15. The number of nitrogens with zero attached hydrogens (tertiary/aromatic N) is 2. The van der Waals surface area contributed by atoms with E-state index in [1.165, 1.54) is 6.92 Å². The van der Waals surface area contributed by atoms with Crippen LogP contribution in [0.25, 0.3) is 0 Å². The lowest BCUT2D eigenvalue weighted by atomic mass is 10.2. The maximum Gasteiger partial charge on any atom is 0.356 e. The molecule has 1 aliphatic heterocycles. The molecule has 1 aliphatic rings. The molecule has 0 bridgehead atoms. The van der Waals surface area contributed by atoms with Gasteiger partial charge >= 0.3 is 5.97 Å². The van der Waals surface area contributed by atoms with Crippen molar-refractivity contribution in [3.05, 3.63) is 17.0 Å². The van der Waals surface area contributed by atoms with Crippen LogP contribution >= 0.6 is 0 Å². The van der Waals surface area contributed by atoms with E-state index in [-0.39, 0.29) is 11.6 Å². The molecule has 2 N–H and O–H groups in total. The number of hydrogen-bond acceptors (Lipinski definition) is 3. The first kappa shape index (κ1) is 8.74. The molecule has 0 saturated carbocycles. The topological polar surface area (TPSA) is 86.3 Å². The third-order valence-electron chi connectivity index (χ3n) is 2.30. The van der Waals surface area contributed by atoms with Crippen LogP contribution in [0.5, 0.6) is 0 Å². The SMILES string of the molecule is CC(=O)N1Cc2[nH]nc(C(=O)O)c2C1. The summed E-state index contributed by atoms with van der Waals surface area (Å²) in [7, 11) is 0. The van der Waals surface area contributed by atoms with Crippen LogP contribution in [0, 0.1) is 0 Å². The van der Waals surface area contributed by atoms with E-state index >= 15 is 0 Å². The molecule has 0 unspecified atom stereocenters. The molecule has 0 spiro atoms. The highest BCUT2D eigenvalue weighted by molar-refractivity contribution is 5.88. The molecule has 6 heteroatoms. The van der Waals surface area contributed by atoms with E-state index in [0.29, 0.717) is 18.7 Å². The molecule has 14 heavy (non-hydrogen) atoms. The van der Waals surface area contributed by atoms with Crippen LogP contribution in [-0.2, 0) is 17.9 Å².